The maximum absolute atomic E-state index is 12.8. The number of hydrogen-bond acceptors (Lipinski definition) is 4. The summed E-state index contributed by atoms with van der Waals surface area (Å²) in [5.41, 5.74) is 1.70. The van der Waals surface area contributed by atoms with Gasteiger partial charge in [0.05, 0.1) is 17.5 Å². The van der Waals surface area contributed by atoms with Crippen LogP contribution in [-0.2, 0) is 4.79 Å². The second-order valence-electron chi connectivity index (χ2n) is 7.63. The molecule has 3 aromatic rings. The fraction of sp³-hybridized carbons (Fsp3) is 0.364. The Bertz CT molecular complexity index is 1090. The van der Waals surface area contributed by atoms with Gasteiger partial charge in [-0.2, -0.15) is 0 Å². The highest BCUT2D eigenvalue weighted by Gasteiger charge is 2.29. The molecule has 2 aliphatic rings. The van der Waals surface area contributed by atoms with E-state index >= 15 is 0 Å². The normalized spacial score (nSPS) is 19.4. The van der Waals surface area contributed by atoms with E-state index in [1.165, 1.54) is 0 Å². The van der Waals surface area contributed by atoms with Gasteiger partial charge in [-0.1, -0.05) is 24.3 Å². The lowest BCUT2D eigenvalue weighted by Crippen LogP contribution is -2.43. The molecule has 1 fully saturated rings. The summed E-state index contributed by atoms with van der Waals surface area (Å²) in [4.78, 5) is 30.0. The summed E-state index contributed by atoms with van der Waals surface area (Å²) >= 11 is 0. The first-order valence-corrected chi connectivity index (χ1v) is 10.0. The number of fused-ring (bicyclic) bond motifs is 2. The number of para-hydroxylation sites is 4. The van der Waals surface area contributed by atoms with Gasteiger partial charge in [-0.15, -0.1) is 0 Å². The molecule has 2 aliphatic heterocycles. The summed E-state index contributed by atoms with van der Waals surface area (Å²) in [6.07, 6.45) is 1.55. The number of aromatic amines is 1. The summed E-state index contributed by atoms with van der Waals surface area (Å²) in [6.45, 7) is 1.66. The SMILES string of the molecule is O=C(CC1COc2ccccc2O1)N1CCC(n2c(=O)[nH]c3ccccc32)CC1. The Labute approximate surface area is 167 Å². The van der Waals surface area contributed by atoms with Gasteiger partial charge in [0.15, 0.2) is 11.5 Å². The minimum Gasteiger partial charge on any atom is -0.486 e. The van der Waals surface area contributed by atoms with Gasteiger partial charge in [-0.3, -0.25) is 9.36 Å². The monoisotopic (exact) mass is 393 g/mol. The number of carbonyl (C=O) groups is 1. The van der Waals surface area contributed by atoms with E-state index in [1.54, 1.807) is 0 Å². The van der Waals surface area contributed by atoms with Crippen molar-refractivity contribution in [1.29, 1.82) is 0 Å². The van der Waals surface area contributed by atoms with Crippen LogP contribution in [0.25, 0.3) is 11.0 Å². The average Bonchev–Trinajstić information content (AvgIpc) is 3.09. The van der Waals surface area contributed by atoms with E-state index in [2.05, 4.69) is 4.98 Å². The molecule has 0 bridgehead atoms. The van der Waals surface area contributed by atoms with Crippen molar-refractivity contribution in [2.45, 2.75) is 31.4 Å². The van der Waals surface area contributed by atoms with Gasteiger partial charge in [0.2, 0.25) is 5.91 Å². The number of H-pyrrole nitrogens is 1. The van der Waals surface area contributed by atoms with Crippen molar-refractivity contribution in [1.82, 2.24) is 14.5 Å². The zero-order valence-electron chi connectivity index (χ0n) is 16.0. The number of likely N-dealkylation sites (tertiary alicyclic amines) is 1. The molecule has 0 saturated carbocycles. The highest BCUT2D eigenvalue weighted by molar-refractivity contribution is 5.77. The molecule has 1 N–H and O–H groups in total. The van der Waals surface area contributed by atoms with Crippen LogP contribution in [-0.4, -0.2) is 46.2 Å². The molecule has 7 heteroatoms. The standard InChI is InChI=1S/C22H23N3O4/c26-21(13-16-14-28-19-7-3-4-8-20(19)29-16)24-11-9-15(10-12-24)25-18-6-2-1-5-17(18)23-22(25)27/h1-8,15-16H,9-14H2,(H,23,27). The molecule has 0 radical (unpaired) electrons. The number of nitrogens with one attached hydrogen (secondary N) is 1. The Morgan fingerprint density at radius 1 is 1.03 bits per heavy atom. The molecule has 5 rings (SSSR count). The predicted octanol–water partition coefficient (Wildman–Crippen LogP) is 2.72. The molecule has 0 spiro atoms. The van der Waals surface area contributed by atoms with Crippen LogP contribution in [0.2, 0.25) is 0 Å². The molecule has 0 aliphatic carbocycles. The summed E-state index contributed by atoms with van der Waals surface area (Å²) in [6, 6.07) is 15.3. The molecule has 1 saturated heterocycles. The van der Waals surface area contributed by atoms with Crippen molar-refractivity contribution in [3.05, 3.63) is 59.0 Å². The van der Waals surface area contributed by atoms with Crippen LogP contribution in [0.1, 0.15) is 25.3 Å². The molecule has 3 heterocycles. The summed E-state index contributed by atoms with van der Waals surface area (Å²) in [7, 11) is 0. The minimum atomic E-state index is -0.272. The number of imidazole rings is 1. The van der Waals surface area contributed by atoms with E-state index in [9.17, 15) is 9.59 Å². The third-order valence-electron chi connectivity index (χ3n) is 5.78. The number of rotatable bonds is 3. The van der Waals surface area contributed by atoms with E-state index in [1.807, 2.05) is 58.0 Å². The number of piperidine rings is 1. The number of benzene rings is 2. The van der Waals surface area contributed by atoms with E-state index in [4.69, 9.17) is 9.47 Å². The number of aromatic nitrogens is 2. The van der Waals surface area contributed by atoms with Crippen LogP contribution >= 0.6 is 0 Å². The number of ether oxygens (including phenoxy) is 2. The first-order valence-electron chi connectivity index (χ1n) is 10.0. The van der Waals surface area contributed by atoms with Crippen LogP contribution in [0.4, 0.5) is 0 Å². The molecular formula is C22H23N3O4. The van der Waals surface area contributed by atoms with Crippen molar-refractivity contribution < 1.29 is 14.3 Å². The van der Waals surface area contributed by atoms with Gasteiger partial charge in [0.1, 0.15) is 12.7 Å². The van der Waals surface area contributed by atoms with Gasteiger partial charge < -0.3 is 19.4 Å². The molecule has 1 amide bonds. The van der Waals surface area contributed by atoms with E-state index in [0.29, 0.717) is 31.9 Å². The Balaban J connectivity index is 1.21. The predicted molar refractivity (Wildman–Crippen MR) is 108 cm³/mol. The van der Waals surface area contributed by atoms with Gasteiger partial charge >= 0.3 is 5.69 Å². The second-order valence-corrected chi connectivity index (χ2v) is 7.63. The highest BCUT2D eigenvalue weighted by atomic mass is 16.6. The number of nitrogens with zero attached hydrogens (tertiary/aromatic N) is 2. The van der Waals surface area contributed by atoms with Gasteiger partial charge in [-0.05, 0) is 37.1 Å². The maximum Gasteiger partial charge on any atom is 0.326 e. The second kappa shape index (κ2) is 7.31. The zero-order valence-corrected chi connectivity index (χ0v) is 16.0. The first kappa shape index (κ1) is 17.8. The molecule has 29 heavy (non-hydrogen) atoms. The molecule has 1 unspecified atom stereocenters. The van der Waals surface area contributed by atoms with Crippen molar-refractivity contribution >= 4 is 16.9 Å². The van der Waals surface area contributed by atoms with Gasteiger partial charge in [0, 0.05) is 19.1 Å². The number of carbonyl (C=O) groups excluding carboxylic acids is 1. The molecule has 2 aromatic carbocycles. The van der Waals surface area contributed by atoms with Crippen molar-refractivity contribution in [2.24, 2.45) is 0 Å². The highest BCUT2D eigenvalue weighted by Crippen LogP contribution is 2.32. The average molecular weight is 393 g/mol. The number of amides is 1. The molecule has 150 valence electrons. The van der Waals surface area contributed by atoms with E-state index in [-0.39, 0.29) is 23.7 Å². The van der Waals surface area contributed by atoms with Crippen LogP contribution < -0.4 is 15.2 Å². The topological polar surface area (TPSA) is 76.6 Å². The van der Waals surface area contributed by atoms with E-state index < -0.39 is 0 Å². The van der Waals surface area contributed by atoms with Crippen LogP contribution in [0.5, 0.6) is 11.5 Å². The molecule has 1 aromatic heterocycles. The fourth-order valence-corrected chi connectivity index (χ4v) is 4.30. The Morgan fingerprint density at radius 3 is 2.59 bits per heavy atom. The van der Waals surface area contributed by atoms with Crippen molar-refractivity contribution in [3.63, 3.8) is 0 Å². The third-order valence-corrected chi connectivity index (χ3v) is 5.78. The molecule has 7 nitrogen and oxygen atoms in total. The largest absolute Gasteiger partial charge is 0.486 e. The van der Waals surface area contributed by atoms with Crippen LogP contribution in [0, 0.1) is 0 Å². The third kappa shape index (κ3) is 3.37. The minimum absolute atomic E-state index is 0.0719. The Morgan fingerprint density at radius 2 is 1.76 bits per heavy atom. The number of hydrogen-bond donors (Lipinski definition) is 1. The van der Waals surface area contributed by atoms with E-state index in [0.717, 1.165) is 29.6 Å². The quantitative estimate of drug-likeness (QED) is 0.742. The molecule has 1 atom stereocenters. The Kier molecular flexibility index (Phi) is 4.50. The lowest BCUT2D eigenvalue weighted by atomic mass is 10.0. The first-order chi connectivity index (χ1) is 14.2. The smallest absolute Gasteiger partial charge is 0.326 e. The fourth-order valence-electron chi connectivity index (χ4n) is 4.30. The summed E-state index contributed by atoms with van der Waals surface area (Å²) in [5, 5.41) is 0. The summed E-state index contributed by atoms with van der Waals surface area (Å²) < 4.78 is 13.5. The van der Waals surface area contributed by atoms with Crippen LogP contribution in [0.15, 0.2) is 53.3 Å². The lowest BCUT2D eigenvalue weighted by Gasteiger charge is -2.34. The lowest BCUT2D eigenvalue weighted by molar-refractivity contribution is -0.134. The van der Waals surface area contributed by atoms with Crippen LogP contribution in [0.3, 0.4) is 0 Å². The maximum atomic E-state index is 12.8. The molecular weight excluding hydrogens is 370 g/mol. The van der Waals surface area contributed by atoms with Gasteiger partial charge in [-0.25, -0.2) is 4.79 Å². The van der Waals surface area contributed by atoms with Crippen molar-refractivity contribution in [3.8, 4) is 11.5 Å². The zero-order chi connectivity index (χ0) is 19.8. The van der Waals surface area contributed by atoms with Gasteiger partial charge in [0.25, 0.3) is 0 Å². The Hall–Kier alpha value is -3.22. The summed E-state index contributed by atoms with van der Waals surface area (Å²) in [5.74, 6) is 1.48. The van der Waals surface area contributed by atoms with Crippen molar-refractivity contribution in [2.75, 3.05) is 19.7 Å².